The van der Waals surface area contributed by atoms with Crippen molar-refractivity contribution in [3.8, 4) is 0 Å². The fourth-order valence-corrected chi connectivity index (χ4v) is 3.68. The van der Waals surface area contributed by atoms with E-state index in [9.17, 15) is 0 Å². The van der Waals surface area contributed by atoms with E-state index in [0.717, 1.165) is 5.92 Å². The Morgan fingerprint density at radius 2 is 1.40 bits per heavy atom. The van der Waals surface area contributed by atoms with E-state index in [4.69, 9.17) is 17.0 Å². The summed E-state index contributed by atoms with van der Waals surface area (Å²) in [6.07, 6.45) is 7.17. The van der Waals surface area contributed by atoms with Crippen LogP contribution in [0.4, 0.5) is 0 Å². The second-order valence-electron chi connectivity index (χ2n) is 7.25. The van der Waals surface area contributed by atoms with Crippen molar-refractivity contribution in [1.82, 2.24) is 0 Å². The van der Waals surface area contributed by atoms with Gasteiger partial charge in [0.1, 0.15) is 0 Å². The molecule has 1 aliphatic carbocycles. The number of halogens is 2. The van der Waals surface area contributed by atoms with Gasteiger partial charge in [-0.1, -0.05) is 79.6 Å². The van der Waals surface area contributed by atoms with Crippen molar-refractivity contribution in [3.63, 3.8) is 0 Å². The summed E-state index contributed by atoms with van der Waals surface area (Å²) in [5, 5.41) is 0. The van der Waals surface area contributed by atoms with Gasteiger partial charge in [0.15, 0.2) is 0 Å². The van der Waals surface area contributed by atoms with Gasteiger partial charge in [0.2, 0.25) is 0 Å². The van der Waals surface area contributed by atoms with E-state index in [1.54, 1.807) is 5.56 Å². The Balaban J connectivity index is 0.000000220. The summed E-state index contributed by atoms with van der Waals surface area (Å²) in [6.45, 7) is 13.2. The fourth-order valence-electron chi connectivity index (χ4n) is 3.68. The molecule has 0 N–H and O–H groups in total. The number of hydrogen-bond acceptors (Lipinski definition) is 0. The standard InChI is InChI=1S/C12H17.C10H15.2ClH.Zr/c1-10-7-8-12(9-10)11-5-3-2-4-6-11;1-6-7(2)9(4)10(5)8(6)3;;;/h7-9,11H,2-6H2,1H3;1-5H3;2*1H;/q2*-1;;;+4/p-2. The van der Waals surface area contributed by atoms with Crippen LogP contribution in [0.25, 0.3) is 0 Å². The number of aryl methyl sites for hydroxylation is 1. The van der Waals surface area contributed by atoms with Gasteiger partial charge in [-0.05, 0) is 0 Å². The Bertz CT molecular complexity index is 550. The van der Waals surface area contributed by atoms with Crippen molar-refractivity contribution in [2.75, 3.05) is 0 Å². The molecule has 1 saturated carbocycles. The normalized spacial score (nSPS) is 14.1. The number of rotatable bonds is 1. The summed E-state index contributed by atoms with van der Waals surface area (Å²) in [6, 6.07) is 6.91. The van der Waals surface area contributed by atoms with Crippen molar-refractivity contribution in [2.45, 2.75) is 79.6 Å². The number of hydrogen-bond donors (Lipinski definition) is 0. The Kier molecular flexibility index (Phi) is 10.9. The van der Waals surface area contributed by atoms with Crippen molar-refractivity contribution < 1.29 is 20.8 Å². The molecule has 0 unspecified atom stereocenters. The zero-order valence-corrected chi connectivity index (χ0v) is 20.6. The molecule has 2 aromatic rings. The zero-order valence-electron chi connectivity index (χ0n) is 16.6. The molecule has 3 heteroatoms. The first kappa shape index (κ1) is 23.2. The predicted molar refractivity (Wildman–Crippen MR) is 110 cm³/mol. The Labute approximate surface area is 173 Å². The van der Waals surface area contributed by atoms with Crippen LogP contribution in [0.2, 0.25) is 0 Å². The summed E-state index contributed by atoms with van der Waals surface area (Å²) >= 11 is -0.826. The minimum absolute atomic E-state index is 0.826. The Morgan fingerprint density at radius 1 is 0.920 bits per heavy atom. The van der Waals surface area contributed by atoms with E-state index in [2.05, 4.69) is 59.7 Å². The average Bonchev–Trinajstić information content (AvgIpc) is 3.12. The van der Waals surface area contributed by atoms with Gasteiger partial charge in [0, 0.05) is 0 Å². The quantitative estimate of drug-likeness (QED) is 0.379. The summed E-state index contributed by atoms with van der Waals surface area (Å²) in [5.74, 6) is 0.882. The summed E-state index contributed by atoms with van der Waals surface area (Å²) < 4.78 is 0. The maximum absolute atomic E-state index is 4.93. The molecule has 1 aliphatic rings. The van der Waals surface area contributed by atoms with E-state index in [0.29, 0.717) is 0 Å². The monoisotopic (exact) mass is 456 g/mol. The third-order valence-corrected chi connectivity index (χ3v) is 5.82. The van der Waals surface area contributed by atoms with Gasteiger partial charge in [0.25, 0.3) is 0 Å². The van der Waals surface area contributed by atoms with Crippen LogP contribution in [0.1, 0.15) is 77.0 Å². The first-order valence-electron chi connectivity index (χ1n) is 9.22. The average molecular weight is 459 g/mol. The fraction of sp³-hybridized carbons (Fsp3) is 0.545. The molecule has 0 spiro atoms. The van der Waals surface area contributed by atoms with E-state index in [1.807, 2.05) is 0 Å². The van der Waals surface area contributed by atoms with Crippen LogP contribution in [0.5, 0.6) is 0 Å². The minimum atomic E-state index is -0.826. The molecule has 2 aromatic carbocycles. The van der Waals surface area contributed by atoms with Gasteiger partial charge in [-0.25, -0.2) is 6.07 Å². The van der Waals surface area contributed by atoms with Crippen LogP contribution in [0.3, 0.4) is 0 Å². The van der Waals surface area contributed by atoms with E-state index >= 15 is 0 Å². The summed E-state index contributed by atoms with van der Waals surface area (Å²) in [7, 11) is 9.87. The third-order valence-electron chi connectivity index (χ3n) is 5.82. The third kappa shape index (κ3) is 7.00. The molecule has 0 heterocycles. The van der Waals surface area contributed by atoms with Crippen molar-refractivity contribution in [1.29, 1.82) is 0 Å². The van der Waals surface area contributed by atoms with E-state index < -0.39 is 20.8 Å². The molecule has 0 aliphatic heterocycles. The molecule has 0 bridgehead atoms. The first-order valence-corrected chi connectivity index (χ1v) is 15.6. The van der Waals surface area contributed by atoms with E-state index in [-0.39, 0.29) is 0 Å². The summed E-state index contributed by atoms with van der Waals surface area (Å²) in [4.78, 5) is 0. The molecule has 3 rings (SSSR count). The Hall–Kier alpha value is 0.163. The van der Waals surface area contributed by atoms with Gasteiger partial charge >= 0.3 is 37.9 Å². The molecule has 0 saturated heterocycles. The van der Waals surface area contributed by atoms with Crippen LogP contribution in [-0.4, -0.2) is 0 Å². The molecule has 0 radical (unpaired) electrons. The van der Waals surface area contributed by atoms with Crippen LogP contribution < -0.4 is 0 Å². The SMILES string of the molecule is C[c-]1ccc(C2CCCCC2)c1.Cc1c(C)c(C)[c-](C)c1C.[Cl][Zr+2][Cl]. The van der Waals surface area contributed by atoms with Crippen molar-refractivity contribution in [2.24, 2.45) is 0 Å². The van der Waals surface area contributed by atoms with Gasteiger partial charge in [0.05, 0.1) is 0 Å². The molecule has 138 valence electrons. The maximum atomic E-state index is 4.93. The molecule has 0 nitrogen and oxygen atoms in total. The van der Waals surface area contributed by atoms with Crippen LogP contribution in [0, 0.1) is 41.5 Å². The van der Waals surface area contributed by atoms with Gasteiger partial charge in [-0.3, -0.25) is 0 Å². The van der Waals surface area contributed by atoms with Crippen LogP contribution >= 0.6 is 17.0 Å². The Morgan fingerprint density at radius 3 is 1.72 bits per heavy atom. The second kappa shape index (κ2) is 11.8. The molecule has 0 aromatic heterocycles. The predicted octanol–water partition coefficient (Wildman–Crippen LogP) is 8.09. The summed E-state index contributed by atoms with van der Waals surface area (Å²) in [5.41, 5.74) is 10.4. The second-order valence-corrected chi connectivity index (χ2v) is 11.0. The topological polar surface area (TPSA) is 0 Å². The molecule has 0 atom stereocenters. The van der Waals surface area contributed by atoms with Crippen molar-refractivity contribution >= 4 is 17.0 Å². The van der Waals surface area contributed by atoms with E-state index in [1.165, 1.54) is 65.5 Å². The van der Waals surface area contributed by atoms with Crippen LogP contribution in [0.15, 0.2) is 18.2 Å². The van der Waals surface area contributed by atoms with Crippen molar-refractivity contribution in [3.05, 3.63) is 57.1 Å². The van der Waals surface area contributed by atoms with Crippen LogP contribution in [-0.2, 0) is 20.8 Å². The van der Waals surface area contributed by atoms with Gasteiger partial charge in [-0.15, -0.1) is 0 Å². The first-order chi connectivity index (χ1) is 11.8. The van der Waals surface area contributed by atoms with Gasteiger partial charge < -0.3 is 0 Å². The van der Waals surface area contributed by atoms with Gasteiger partial charge in [-0.2, -0.15) is 51.1 Å². The molecular weight excluding hydrogens is 426 g/mol. The molecular formula is C22H32Cl2Zr. The molecule has 0 amide bonds. The zero-order chi connectivity index (χ0) is 19.0. The molecule has 1 fully saturated rings. The molecule has 25 heavy (non-hydrogen) atoms.